The standard InChI is InChI=1S/C16H16N4/c1-17-11-19(15-9-5-3-7-13(15)17)20-12-18(2)14-8-4-6-10-16(14)20/h3-12H,1-2H3/q+2. The predicted octanol–water partition coefficient (Wildman–Crippen LogP) is 1.56. The van der Waals surface area contributed by atoms with Gasteiger partial charge in [0.25, 0.3) is 12.7 Å². The molecule has 0 spiro atoms. The van der Waals surface area contributed by atoms with Crippen molar-refractivity contribution in [2.24, 2.45) is 14.1 Å². The van der Waals surface area contributed by atoms with Crippen LogP contribution < -0.4 is 9.13 Å². The molecule has 4 nitrogen and oxygen atoms in total. The van der Waals surface area contributed by atoms with Crippen LogP contribution in [0.15, 0.2) is 61.2 Å². The first-order chi connectivity index (χ1) is 9.75. The predicted molar refractivity (Wildman–Crippen MR) is 77.0 cm³/mol. The van der Waals surface area contributed by atoms with Gasteiger partial charge in [0.15, 0.2) is 11.0 Å². The molecule has 4 heteroatoms. The minimum absolute atomic E-state index is 1.19. The molecule has 0 N–H and O–H groups in total. The summed E-state index contributed by atoms with van der Waals surface area (Å²) in [7, 11) is 4.15. The van der Waals surface area contributed by atoms with Crippen LogP contribution in [0.3, 0.4) is 0 Å². The first kappa shape index (κ1) is 11.2. The Labute approximate surface area is 116 Å². The molecule has 0 bridgehead atoms. The molecule has 2 aromatic carbocycles. The fraction of sp³-hybridized carbons (Fsp3) is 0.125. The van der Waals surface area contributed by atoms with Gasteiger partial charge in [0, 0.05) is 0 Å². The van der Waals surface area contributed by atoms with Crippen LogP contribution >= 0.6 is 0 Å². The van der Waals surface area contributed by atoms with Crippen molar-refractivity contribution < 1.29 is 9.13 Å². The maximum absolute atomic E-state index is 2.18. The van der Waals surface area contributed by atoms with Crippen LogP contribution in [0.25, 0.3) is 22.1 Å². The van der Waals surface area contributed by atoms with Crippen LogP contribution in [-0.2, 0) is 14.1 Å². The molecular weight excluding hydrogens is 248 g/mol. The second-order valence-corrected chi connectivity index (χ2v) is 5.12. The summed E-state index contributed by atoms with van der Waals surface area (Å²) in [5.74, 6) is 0. The second kappa shape index (κ2) is 3.93. The molecule has 2 heterocycles. The molecule has 20 heavy (non-hydrogen) atoms. The molecule has 0 saturated carbocycles. The molecule has 0 aliphatic carbocycles. The molecule has 4 aromatic rings. The molecule has 2 aromatic heterocycles. The van der Waals surface area contributed by atoms with E-state index in [2.05, 4.69) is 93.8 Å². The Morgan fingerprint density at radius 2 is 1.05 bits per heavy atom. The van der Waals surface area contributed by atoms with Crippen molar-refractivity contribution in [3.8, 4) is 0 Å². The van der Waals surface area contributed by atoms with E-state index in [0.29, 0.717) is 0 Å². The lowest BCUT2D eigenvalue weighted by Crippen LogP contribution is -2.27. The van der Waals surface area contributed by atoms with Crippen LogP contribution in [0, 0.1) is 0 Å². The highest BCUT2D eigenvalue weighted by atomic mass is 15.5. The number of imidazole rings is 2. The lowest BCUT2D eigenvalue weighted by Gasteiger charge is -1.91. The van der Waals surface area contributed by atoms with Gasteiger partial charge in [0.2, 0.25) is 11.0 Å². The van der Waals surface area contributed by atoms with Gasteiger partial charge in [0.1, 0.15) is 0 Å². The summed E-state index contributed by atoms with van der Waals surface area (Å²) >= 11 is 0. The van der Waals surface area contributed by atoms with Crippen molar-refractivity contribution in [1.29, 1.82) is 0 Å². The second-order valence-electron chi connectivity index (χ2n) is 5.12. The van der Waals surface area contributed by atoms with Gasteiger partial charge in [-0.3, -0.25) is 0 Å². The van der Waals surface area contributed by atoms with Crippen molar-refractivity contribution in [3.05, 3.63) is 61.2 Å². The lowest BCUT2D eigenvalue weighted by molar-refractivity contribution is -0.649. The molecule has 0 unspecified atom stereocenters. The maximum atomic E-state index is 2.18. The Hall–Kier alpha value is -2.62. The van der Waals surface area contributed by atoms with E-state index in [-0.39, 0.29) is 0 Å². The van der Waals surface area contributed by atoms with Gasteiger partial charge in [0.05, 0.1) is 14.1 Å². The van der Waals surface area contributed by atoms with E-state index in [1.807, 2.05) is 0 Å². The molecule has 0 aliphatic rings. The number of aromatic nitrogens is 4. The summed E-state index contributed by atoms with van der Waals surface area (Å²) in [5.41, 5.74) is 4.81. The fourth-order valence-electron chi connectivity index (χ4n) is 2.83. The van der Waals surface area contributed by atoms with Crippen molar-refractivity contribution in [2.45, 2.75) is 0 Å². The number of nitrogens with zero attached hydrogens (tertiary/aromatic N) is 4. The van der Waals surface area contributed by atoms with Gasteiger partial charge in [-0.25, -0.2) is 9.13 Å². The molecule has 0 amide bonds. The minimum Gasteiger partial charge on any atom is -0.229 e. The average molecular weight is 264 g/mol. The van der Waals surface area contributed by atoms with Gasteiger partial charge in [-0.2, -0.15) is 0 Å². The van der Waals surface area contributed by atoms with E-state index in [4.69, 9.17) is 0 Å². The molecule has 0 atom stereocenters. The molecule has 0 radical (unpaired) electrons. The van der Waals surface area contributed by atoms with E-state index in [1.165, 1.54) is 22.1 Å². The number of para-hydroxylation sites is 4. The zero-order chi connectivity index (χ0) is 13.7. The molecular formula is C16H16N4+2. The van der Waals surface area contributed by atoms with Crippen LogP contribution in [0.2, 0.25) is 0 Å². The van der Waals surface area contributed by atoms with Crippen molar-refractivity contribution in [1.82, 2.24) is 9.35 Å². The largest absolute Gasteiger partial charge is 0.287 e. The van der Waals surface area contributed by atoms with Crippen LogP contribution in [0.5, 0.6) is 0 Å². The number of hydrogen-bond donors (Lipinski definition) is 0. The maximum Gasteiger partial charge on any atom is 0.287 e. The van der Waals surface area contributed by atoms with Crippen molar-refractivity contribution >= 4 is 22.1 Å². The zero-order valence-electron chi connectivity index (χ0n) is 11.6. The van der Waals surface area contributed by atoms with Crippen LogP contribution in [0.1, 0.15) is 0 Å². The van der Waals surface area contributed by atoms with Crippen molar-refractivity contribution in [3.63, 3.8) is 0 Å². The SMILES string of the molecule is C[n+]1cn(-n2c[n+](C)c3ccccc32)c2ccccc21. The third-order valence-electron chi connectivity index (χ3n) is 3.81. The summed E-state index contributed by atoms with van der Waals surface area (Å²) < 4.78 is 8.64. The topological polar surface area (TPSA) is 17.6 Å². The Kier molecular flexibility index (Phi) is 2.21. The van der Waals surface area contributed by atoms with Gasteiger partial charge >= 0.3 is 0 Å². The highest BCUT2D eigenvalue weighted by Gasteiger charge is 2.22. The zero-order valence-corrected chi connectivity index (χ0v) is 11.6. The quantitative estimate of drug-likeness (QED) is 0.464. The van der Waals surface area contributed by atoms with Gasteiger partial charge < -0.3 is 0 Å². The summed E-state index contributed by atoms with van der Waals surface area (Å²) in [6.45, 7) is 0. The lowest BCUT2D eigenvalue weighted by atomic mass is 10.3. The van der Waals surface area contributed by atoms with E-state index in [0.717, 1.165) is 0 Å². The number of fused-ring (bicyclic) bond motifs is 2. The summed E-state index contributed by atoms with van der Waals surface area (Å²) in [6, 6.07) is 16.8. The number of benzene rings is 2. The van der Waals surface area contributed by atoms with E-state index >= 15 is 0 Å². The highest BCUT2D eigenvalue weighted by Crippen LogP contribution is 2.15. The van der Waals surface area contributed by atoms with E-state index < -0.39 is 0 Å². The molecule has 0 fully saturated rings. The first-order valence-electron chi connectivity index (χ1n) is 6.68. The first-order valence-corrected chi connectivity index (χ1v) is 6.68. The van der Waals surface area contributed by atoms with Gasteiger partial charge in [-0.15, -0.1) is 0 Å². The molecule has 4 rings (SSSR count). The Bertz CT molecular complexity index is 852. The van der Waals surface area contributed by atoms with Gasteiger partial charge in [-0.1, -0.05) is 24.3 Å². The summed E-state index contributed by atoms with van der Waals surface area (Å²) in [5, 5.41) is 0. The smallest absolute Gasteiger partial charge is 0.229 e. The number of aryl methyl sites for hydroxylation is 2. The monoisotopic (exact) mass is 264 g/mol. The van der Waals surface area contributed by atoms with Crippen molar-refractivity contribution in [2.75, 3.05) is 0 Å². The fourth-order valence-corrected chi connectivity index (χ4v) is 2.83. The molecule has 98 valence electrons. The van der Waals surface area contributed by atoms with Crippen LogP contribution in [-0.4, -0.2) is 9.35 Å². The summed E-state index contributed by atoms with van der Waals surface area (Å²) in [6.07, 6.45) is 4.22. The molecule has 0 saturated heterocycles. The number of hydrogen-bond acceptors (Lipinski definition) is 0. The Morgan fingerprint density at radius 3 is 1.50 bits per heavy atom. The van der Waals surface area contributed by atoms with E-state index in [9.17, 15) is 0 Å². The third-order valence-corrected chi connectivity index (χ3v) is 3.81. The molecule has 0 aliphatic heterocycles. The van der Waals surface area contributed by atoms with Crippen LogP contribution in [0.4, 0.5) is 0 Å². The highest BCUT2D eigenvalue weighted by molar-refractivity contribution is 5.75. The van der Waals surface area contributed by atoms with E-state index in [1.54, 1.807) is 0 Å². The Balaban J connectivity index is 2.12. The number of rotatable bonds is 1. The van der Waals surface area contributed by atoms with Gasteiger partial charge in [-0.05, 0) is 33.6 Å². The normalized spacial score (nSPS) is 11.5. The minimum atomic E-state index is 1.19. The summed E-state index contributed by atoms with van der Waals surface area (Å²) in [4.78, 5) is 0. The Morgan fingerprint density at radius 1 is 0.650 bits per heavy atom. The third kappa shape index (κ3) is 1.42. The average Bonchev–Trinajstić information content (AvgIpc) is 2.99.